The lowest BCUT2D eigenvalue weighted by Crippen LogP contribution is -2.19. The molecule has 0 fully saturated rings. The summed E-state index contributed by atoms with van der Waals surface area (Å²) in [5.41, 5.74) is 1.86. The van der Waals surface area contributed by atoms with E-state index in [4.69, 9.17) is 16.3 Å². The SMILES string of the molecule is CNC(Cc1ccc(OC)c(F)c1)c1cc(Br)ccc1Cl. The quantitative estimate of drug-likeness (QED) is 0.817. The number of likely N-dealkylation sites (N-methyl/N-ethyl adjacent to an activating group) is 1. The van der Waals surface area contributed by atoms with Gasteiger partial charge in [0, 0.05) is 15.5 Å². The lowest BCUT2D eigenvalue weighted by Gasteiger charge is -2.19. The Kier molecular flexibility index (Phi) is 5.62. The van der Waals surface area contributed by atoms with Crippen molar-refractivity contribution in [3.05, 3.63) is 62.8 Å². The van der Waals surface area contributed by atoms with E-state index in [0.717, 1.165) is 15.6 Å². The fraction of sp³-hybridized carbons (Fsp3) is 0.250. The summed E-state index contributed by atoms with van der Waals surface area (Å²) in [6.45, 7) is 0. The van der Waals surface area contributed by atoms with E-state index in [1.165, 1.54) is 13.2 Å². The third-order valence-electron chi connectivity index (χ3n) is 3.34. The Morgan fingerprint density at radius 2 is 2.05 bits per heavy atom. The van der Waals surface area contributed by atoms with Gasteiger partial charge in [-0.1, -0.05) is 33.6 Å². The molecule has 1 N–H and O–H groups in total. The maximum Gasteiger partial charge on any atom is 0.165 e. The molecule has 0 bridgehead atoms. The van der Waals surface area contributed by atoms with Gasteiger partial charge in [-0.15, -0.1) is 0 Å². The van der Waals surface area contributed by atoms with Gasteiger partial charge in [0.2, 0.25) is 0 Å². The Balaban J connectivity index is 2.26. The van der Waals surface area contributed by atoms with Crippen molar-refractivity contribution >= 4 is 27.5 Å². The highest BCUT2D eigenvalue weighted by Crippen LogP contribution is 2.29. The van der Waals surface area contributed by atoms with E-state index in [9.17, 15) is 4.39 Å². The maximum absolute atomic E-state index is 13.8. The molecule has 0 saturated carbocycles. The average molecular weight is 373 g/mol. The topological polar surface area (TPSA) is 21.3 Å². The van der Waals surface area contributed by atoms with Gasteiger partial charge in [0.1, 0.15) is 0 Å². The molecule has 0 aliphatic rings. The van der Waals surface area contributed by atoms with Crippen LogP contribution in [0, 0.1) is 5.82 Å². The van der Waals surface area contributed by atoms with Crippen LogP contribution in [-0.2, 0) is 6.42 Å². The third kappa shape index (κ3) is 3.96. The first-order chi connectivity index (χ1) is 10.0. The van der Waals surface area contributed by atoms with E-state index in [1.807, 2.05) is 31.3 Å². The summed E-state index contributed by atoms with van der Waals surface area (Å²) in [6.07, 6.45) is 0.633. The molecular weight excluding hydrogens is 357 g/mol. The molecule has 112 valence electrons. The van der Waals surface area contributed by atoms with Crippen molar-refractivity contribution in [3.63, 3.8) is 0 Å². The Morgan fingerprint density at radius 3 is 2.67 bits per heavy atom. The lowest BCUT2D eigenvalue weighted by atomic mass is 9.99. The largest absolute Gasteiger partial charge is 0.494 e. The molecule has 0 spiro atoms. The van der Waals surface area contributed by atoms with Crippen molar-refractivity contribution in [2.45, 2.75) is 12.5 Å². The Bertz CT molecular complexity index is 636. The molecule has 2 aromatic rings. The van der Waals surface area contributed by atoms with Crippen LogP contribution in [0.1, 0.15) is 17.2 Å². The Hall–Kier alpha value is -1.10. The van der Waals surface area contributed by atoms with Crippen LogP contribution in [0.2, 0.25) is 5.02 Å². The first-order valence-electron chi connectivity index (χ1n) is 6.49. The monoisotopic (exact) mass is 371 g/mol. The van der Waals surface area contributed by atoms with E-state index >= 15 is 0 Å². The predicted molar refractivity (Wildman–Crippen MR) is 87.6 cm³/mol. The van der Waals surface area contributed by atoms with Crippen molar-refractivity contribution in [3.8, 4) is 5.75 Å². The van der Waals surface area contributed by atoms with Gasteiger partial charge in [-0.25, -0.2) is 4.39 Å². The zero-order valence-corrected chi connectivity index (χ0v) is 14.1. The fourth-order valence-electron chi connectivity index (χ4n) is 2.22. The van der Waals surface area contributed by atoms with Gasteiger partial charge < -0.3 is 10.1 Å². The van der Waals surface area contributed by atoms with Gasteiger partial charge in [-0.2, -0.15) is 0 Å². The zero-order valence-electron chi connectivity index (χ0n) is 11.8. The molecule has 0 aliphatic heterocycles. The summed E-state index contributed by atoms with van der Waals surface area (Å²) in [5, 5.41) is 3.91. The van der Waals surface area contributed by atoms with Gasteiger partial charge in [0.25, 0.3) is 0 Å². The number of ether oxygens (including phenoxy) is 1. The molecular formula is C16H16BrClFNO. The second-order valence-electron chi connectivity index (χ2n) is 4.68. The van der Waals surface area contributed by atoms with E-state index < -0.39 is 0 Å². The van der Waals surface area contributed by atoms with Crippen LogP contribution >= 0.6 is 27.5 Å². The van der Waals surface area contributed by atoms with Crippen LogP contribution in [0.15, 0.2) is 40.9 Å². The summed E-state index contributed by atoms with van der Waals surface area (Å²) in [4.78, 5) is 0. The molecule has 0 amide bonds. The highest BCUT2D eigenvalue weighted by molar-refractivity contribution is 9.10. The highest BCUT2D eigenvalue weighted by atomic mass is 79.9. The normalized spacial score (nSPS) is 12.2. The van der Waals surface area contributed by atoms with E-state index in [-0.39, 0.29) is 17.6 Å². The number of hydrogen-bond acceptors (Lipinski definition) is 2. The average Bonchev–Trinajstić information content (AvgIpc) is 2.47. The molecule has 1 unspecified atom stereocenters. The number of rotatable bonds is 5. The number of halogens is 3. The minimum absolute atomic E-state index is 0.00259. The molecule has 21 heavy (non-hydrogen) atoms. The Morgan fingerprint density at radius 1 is 1.29 bits per heavy atom. The Labute approximate surface area is 137 Å². The van der Waals surface area contributed by atoms with E-state index in [0.29, 0.717) is 11.4 Å². The molecule has 1 atom stereocenters. The number of benzene rings is 2. The van der Waals surface area contributed by atoms with Gasteiger partial charge in [0.15, 0.2) is 11.6 Å². The molecule has 2 rings (SSSR count). The molecule has 0 aromatic heterocycles. The van der Waals surface area contributed by atoms with Gasteiger partial charge in [-0.05, 0) is 54.9 Å². The molecule has 0 saturated heterocycles. The van der Waals surface area contributed by atoms with Crippen molar-refractivity contribution < 1.29 is 9.13 Å². The van der Waals surface area contributed by atoms with Crippen LogP contribution in [-0.4, -0.2) is 14.2 Å². The van der Waals surface area contributed by atoms with Crippen LogP contribution in [0.5, 0.6) is 5.75 Å². The molecule has 2 aromatic carbocycles. The van der Waals surface area contributed by atoms with Crippen molar-refractivity contribution in [1.82, 2.24) is 5.32 Å². The summed E-state index contributed by atoms with van der Waals surface area (Å²) >= 11 is 9.71. The van der Waals surface area contributed by atoms with Crippen LogP contribution in [0.3, 0.4) is 0 Å². The van der Waals surface area contributed by atoms with E-state index in [2.05, 4.69) is 21.2 Å². The second-order valence-corrected chi connectivity index (χ2v) is 6.00. The van der Waals surface area contributed by atoms with Gasteiger partial charge in [-0.3, -0.25) is 0 Å². The van der Waals surface area contributed by atoms with Crippen LogP contribution in [0.4, 0.5) is 4.39 Å². The molecule has 5 heteroatoms. The maximum atomic E-state index is 13.8. The zero-order chi connectivity index (χ0) is 15.4. The molecule has 0 aliphatic carbocycles. The fourth-order valence-corrected chi connectivity index (χ4v) is 2.85. The first kappa shape index (κ1) is 16.3. The molecule has 0 heterocycles. The molecule has 0 radical (unpaired) electrons. The van der Waals surface area contributed by atoms with Gasteiger partial charge >= 0.3 is 0 Å². The van der Waals surface area contributed by atoms with Crippen molar-refractivity contribution in [2.24, 2.45) is 0 Å². The standard InChI is InChI=1S/C16H16BrClFNO/c1-20-15(12-9-11(17)4-5-13(12)18)8-10-3-6-16(21-2)14(19)7-10/h3-7,9,15,20H,8H2,1-2H3. The molecule has 2 nitrogen and oxygen atoms in total. The highest BCUT2D eigenvalue weighted by Gasteiger charge is 2.15. The van der Waals surface area contributed by atoms with Crippen LogP contribution in [0.25, 0.3) is 0 Å². The second kappa shape index (κ2) is 7.25. The van der Waals surface area contributed by atoms with Crippen molar-refractivity contribution in [1.29, 1.82) is 0 Å². The predicted octanol–water partition coefficient (Wildman–Crippen LogP) is 4.75. The van der Waals surface area contributed by atoms with Crippen molar-refractivity contribution in [2.75, 3.05) is 14.2 Å². The number of hydrogen-bond donors (Lipinski definition) is 1. The van der Waals surface area contributed by atoms with Gasteiger partial charge in [0.05, 0.1) is 7.11 Å². The lowest BCUT2D eigenvalue weighted by molar-refractivity contribution is 0.386. The summed E-state index contributed by atoms with van der Waals surface area (Å²) in [6, 6.07) is 10.7. The summed E-state index contributed by atoms with van der Waals surface area (Å²) < 4.78 is 19.7. The van der Waals surface area contributed by atoms with E-state index in [1.54, 1.807) is 6.07 Å². The third-order valence-corrected chi connectivity index (χ3v) is 4.18. The first-order valence-corrected chi connectivity index (χ1v) is 7.67. The van der Waals surface area contributed by atoms with Crippen LogP contribution < -0.4 is 10.1 Å². The number of nitrogens with one attached hydrogen (secondary N) is 1. The minimum atomic E-state index is -0.356. The smallest absolute Gasteiger partial charge is 0.165 e. The summed E-state index contributed by atoms with van der Waals surface area (Å²) in [7, 11) is 3.32. The summed E-state index contributed by atoms with van der Waals surface area (Å²) in [5.74, 6) is -0.106. The number of methoxy groups -OCH3 is 1. The minimum Gasteiger partial charge on any atom is -0.494 e.